The molecule has 1 saturated carbocycles. The smallest absolute Gasteiger partial charge is 0.247 e. The molecular weight excluding hydrogens is 252 g/mol. The molecule has 4 nitrogen and oxygen atoms in total. The van der Waals surface area contributed by atoms with Crippen molar-refractivity contribution in [1.82, 2.24) is 10.2 Å². The van der Waals surface area contributed by atoms with Crippen LogP contribution in [0.1, 0.15) is 65.7 Å². The van der Waals surface area contributed by atoms with E-state index in [4.69, 9.17) is 0 Å². The minimum absolute atomic E-state index is 0.000165. The van der Waals surface area contributed by atoms with E-state index < -0.39 is 0 Å². The molecular formula is C16H28N2O2. The zero-order valence-electron chi connectivity index (χ0n) is 13.0. The van der Waals surface area contributed by atoms with E-state index in [-0.39, 0.29) is 23.9 Å². The zero-order chi connectivity index (χ0) is 14.7. The highest BCUT2D eigenvalue weighted by Crippen LogP contribution is 2.29. The molecule has 0 aromatic rings. The van der Waals surface area contributed by atoms with Crippen LogP contribution in [0.25, 0.3) is 0 Å². The summed E-state index contributed by atoms with van der Waals surface area (Å²) in [5.41, 5.74) is 0. The van der Waals surface area contributed by atoms with Gasteiger partial charge in [-0.25, -0.2) is 0 Å². The summed E-state index contributed by atoms with van der Waals surface area (Å²) in [5.74, 6) is 0.661. The summed E-state index contributed by atoms with van der Waals surface area (Å²) in [5, 5.41) is 3.42. The number of hydrogen-bond donors (Lipinski definition) is 1. The van der Waals surface area contributed by atoms with E-state index in [1.165, 1.54) is 30.6 Å². The van der Waals surface area contributed by atoms with Crippen LogP contribution in [0.2, 0.25) is 0 Å². The van der Waals surface area contributed by atoms with Gasteiger partial charge in [0.05, 0.1) is 12.5 Å². The summed E-state index contributed by atoms with van der Waals surface area (Å²) in [7, 11) is 0. The van der Waals surface area contributed by atoms with Crippen molar-refractivity contribution in [1.29, 1.82) is 0 Å². The Kier molecular flexibility index (Phi) is 5.19. The maximum absolute atomic E-state index is 12.5. The van der Waals surface area contributed by atoms with E-state index in [2.05, 4.69) is 12.2 Å². The molecule has 0 radical (unpaired) electrons. The van der Waals surface area contributed by atoms with Gasteiger partial charge in [-0.3, -0.25) is 14.5 Å². The van der Waals surface area contributed by atoms with Crippen LogP contribution in [0, 0.1) is 5.92 Å². The highest BCUT2D eigenvalue weighted by Gasteiger charge is 2.42. The van der Waals surface area contributed by atoms with E-state index in [0.717, 1.165) is 12.8 Å². The summed E-state index contributed by atoms with van der Waals surface area (Å²) in [6.45, 7) is 6.24. The van der Waals surface area contributed by atoms with Crippen LogP contribution in [-0.4, -0.2) is 34.8 Å². The van der Waals surface area contributed by atoms with E-state index in [1.54, 1.807) is 0 Å². The molecule has 1 N–H and O–H groups in total. The van der Waals surface area contributed by atoms with Gasteiger partial charge in [-0.15, -0.1) is 0 Å². The second-order valence-corrected chi connectivity index (χ2v) is 6.33. The number of hydrogen-bond acceptors (Lipinski definition) is 3. The van der Waals surface area contributed by atoms with Crippen LogP contribution in [-0.2, 0) is 9.59 Å². The van der Waals surface area contributed by atoms with Crippen molar-refractivity contribution in [3.05, 3.63) is 0 Å². The minimum Gasteiger partial charge on any atom is -0.303 e. The first-order valence-corrected chi connectivity index (χ1v) is 8.20. The van der Waals surface area contributed by atoms with Gasteiger partial charge < -0.3 is 5.32 Å². The summed E-state index contributed by atoms with van der Waals surface area (Å²) < 4.78 is 0. The van der Waals surface area contributed by atoms with Gasteiger partial charge in [-0.1, -0.05) is 26.7 Å². The number of nitrogens with one attached hydrogen (secondary N) is 1. The molecule has 0 bridgehead atoms. The van der Waals surface area contributed by atoms with Crippen molar-refractivity contribution in [3.63, 3.8) is 0 Å². The Morgan fingerprint density at radius 2 is 1.80 bits per heavy atom. The predicted octanol–water partition coefficient (Wildman–Crippen LogP) is 2.47. The van der Waals surface area contributed by atoms with Gasteiger partial charge in [0.15, 0.2) is 0 Å². The zero-order valence-corrected chi connectivity index (χ0v) is 13.0. The quantitative estimate of drug-likeness (QED) is 0.760. The second kappa shape index (κ2) is 6.70. The third-order valence-electron chi connectivity index (χ3n) is 5.06. The second-order valence-electron chi connectivity index (χ2n) is 6.33. The Labute approximate surface area is 122 Å². The standard InChI is InChI=1S/C16H28N2O2/c1-4-13(5-2)18-15(19)10-14(16(18)20)17-11(3)12-8-6-7-9-12/h11-14,17H,4-10H2,1-3H3. The average molecular weight is 280 g/mol. The molecule has 4 heteroatoms. The molecule has 2 fully saturated rings. The Morgan fingerprint density at radius 1 is 1.20 bits per heavy atom. The lowest BCUT2D eigenvalue weighted by Gasteiger charge is -2.26. The lowest BCUT2D eigenvalue weighted by molar-refractivity contribution is -0.141. The van der Waals surface area contributed by atoms with Gasteiger partial charge in [-0.05, 0) is 38.5 Å². The first-order chi connectivity index (χ1) is 9.58. The molecule has 1 aliphatic carbocycles. The Balaban J connectivity index is 1.96. The van der Waals surface area contributed by atoms with Crippen molar-refractivity contribution in [2.45, 2.75) is 83.8 Å². The average Bonchev–Trinajstić information content (AvgIpc) is 3.04. The fourth-order valence-corrected chi connectivity index (χ4v) is 3.73. The number of rotatable bonds is 6. The van der Waals surface area contributed by atoms with Crippen LogP contribution in [0.3, 0.4) is 0 Å². The van der Waals surface area contributed by atoms with Crippen molar-refractivity contribution >= 4 is 11.8 Å². The molecule has 2 rings (SSSR count). The van der Waals surface area contributed by atoms with E-state index in [9.17, 15) is 9.59 Å². The maximum atomic E-state index is 12.5. The topological polar surface area (TPSA) is 49.4 Å². The number of amides is 2. The monoisotopic (exact) mass is 280 g/mol. The number of carbonyl (C=O) groups excluding carboxylic acids is 2. The molecule has 0 spiro atoms. The third-order valence-corrected chi connectivity index (χ3v) is 5.06. The predicted molar refractivity (Wildman–Crippen MR) is 79.2 cm³/mol. The Morgan fingerprint density at radius 3 is 2.35 bits per heavy atom. The Hall–Kier alpha value is -0.900. The molecule has 1 aliphatic heterocycles. The molecule has 2 unspecified atom stereocenters. The SMILES string of the molecule is CCC(CC)N1C(=O)CC(NC(C)C2CCCC2)C1=O. The van der Waals surface area contributed by atoms with Crippen molar-refractivity contribution in [2.75, 3.05) is 0 Å². The first kappa shape index (κ1) is 15.5. The number of imide groups is 1. The van der Waals surface area contributed by atoms with Crippen LogP contribution in [0.15, 0.2) is 0 Å². The van der Waals surface area contributed by atoms with Gasteiger partial charge >= 0.3 is 0 Å². The summed E-state index contributed by atoms with van der Waals surface area (Å²) in [6.07, 6.45) is 7.13. The highest BCUT2D eigenvalue weighted by atomic mass is 16.2. The lowest BCUT2D eigenvalue weighted by Crippen LogP contribution is -2.47. The molecule has 0 aromatic heterocycles. The largest absolute Gasteiger partial charge is 0.303 e. The van der Waals surface area contributed by atoms with Gasteiger partial charge in [0.25, 0.3) is 0 Å². The Bertz CT molecular complexity index is 359. The lowest BCUT2D eigenvalue weighted by atomic mass is 9.99. The van der Waals surface area contributed by atoms with Crippen LogP contribution < -0.4 is 5.32 Å². The number of nitrogens with zero attached hydrogens (tertiary/aromatic N) is 1. The molecule has 114 valence electrons. The molecule has 2 amide bonds. The first-order valence-electron chi connectivity index (χ1n) is 8.20. The van der Waals surface area contributed by atoms with E-state index in [1.807, 2.05) is 13.8 Å². The molecule has 2 atom stereocenters. The normalized spacial score (nSPS) is 26.0. The van der Waals surface area contributed by atoms with Crippen molar-refractivity contribution in [2.24, 2.45) is 5.92 Å². The molecule has 2 aliphatic rings. The van der Waals surface area contributed by atoms with Crippen molar-refractivity contribution < 1.29 is 9.59 Å². The summed E-state index contributed by atoms with van der Waals surface area (Å²) in [4.78, 5) is 26.1. The van der Waals surface area contributed by atoms with Gasteiger partial charge in [-0.2, -0.15) is 0 Å². The summed E-state index contributed by atoms with van der Waals surface area (Å²) in [6, 6.07) is 0.114. The van der Waals surface area contributed by atoms with Gasteiger partial charge in [0.1, 0.15) is 0 Å². The molecule has 0 aromatic carbocycles. The maximum Gasteiger partial charge on any atom is 0.247 e. The fourth-order valence-electron chi connectivity index (χ4n) is 3.73. The van der Waals surface area contributed by atoms with E-state index in [0.29, 0.717) is 18.4 Å². The van der Waals surface area contributed by atoms with E-state index >= 15 is 0 Å². The third kappa shape index (κ3) is 3.05. The van der Waals surface area contributed by atoms with Crippen LogP contribution in [0.4, 0.5) is 0 Å². The highest BCUT2D eigenvalue weighted by molar-refractivity contribution is 6.05. The molecule has 1 heterocycles. The number of likely N-dealkylation sites (tertiary alicyclic amines) is 1. The number of carbonyl (C=O) groups is 2. The van der Waals surface area contributed by atoms with Crippen molar-refractivity contribution in [3.8, 4) is 0 Å². The summed E-state index contributed by atoms with van der Waals surface area (Å²) >= 11 is 0. The minimum atomic E-state index is -0.293. The molecule has 20 heavy (non-hydrogen) atoms. The molecule has 1 saturated heterocycles. The fraction of sp³-hybridized carbons (Fsp3) is 0.875. The van der Waals surface area contributed by atoms with Gasteiger partial charge in [0, 0.05) is 12.1 Å². The van der Waals surface area contributed by atoms with Crippen LogP contribution in [0.5, 0.6) is 0 Å². The van der Waals surface area contributed by atoms with Gasteiger partial charge in [0.2, 0.25) is 11.8 Å². The van der Waals surface area contributed by atoms with Crippen LogP contribution >= 0.6 is 0 Å².